The number of carbonyl (C=O) groups is 1. The Balaban J connectivity index is 1.88. The Hall–Kier alpha value is -1.45. The summed E-state index contributed by atoms with van der Waals surface area (Å²) in [5.41, 5.74) is 4.77. The summed E-state index contributed by atoms with van der Waals surface area (Å²) in [6, 6.07) is 14.2. The SMILES string of the molecule is CC[C@@H](NC(=O)CSCc1ccccc1Cl)c1ccc(C)c(C)c1. The molecule has 2 aromatic rings. The van der Waals surface area contributed by atoms with E-state index in [4.69, 9.17) is 11.6 Å². The third-order valence-corrected chi connectivity index (χ3v) is 5.48. The van der Waals surface area contributed by atoms with E-state index in [1.54, 1.807) is 11.8 Å². The van der Waals surface area contributed by atoms with Crippen molar-refractivity contribution in [2.75, 3.05) is 5.75 Å². The van der Waals surface area contributed by atoms with Crippen molar-refractivity contribution in [3.63, 3.8) is 0 Å². The Morgan fingerprint density at radius 3 is 2.58 bits per heavy atom. The molecule has 1 N–H and O–H groups in total. The predicted molar refractivity (Wildman–Crippen MR) is 105 cm³/mol. The summed E-state index contributed by atoms with van der Waals surface area (Å²) >= 11 is 7.73. The zero-order valence-corrected chi connectivity index (χ0v) is 16.0. The van der Waals surface area contributed by atoms with Crippen LogP contribution in [0.3, 0.4) is 0 Å². The summed E-state index contributed by atoms with van der Waals surface area (Å²) in [7, 11) is 0. The smallest absolute Gasteiger partial charge is 0.230 e. The van der Waals surface area contributed by atoms with Crippen molar-refractivity contribution < 1.29 is 4.79 Å². The number of amides is 1. The Labute approximate surface area is 154 Å². The van der Waals surface area contributed by atoms with Crippen molar-refractivity contribution >= 4 is 29.3 Å². The monoisotopic (exact) mass is 361 g/mol. The third-order valence-electron chi connectivity index (χ3n) is 4.13. The second-order valence-corrected chi connectivity index (χ2v) is 7.35. The molecule has 0 bridgehead atoms. The molecule has 0 heterocycles. The molecule has 2 nitrogen and oxygen atoms in total. The van der Waals surface area contributed by atoms with Gasteiger partial charge in [0, 0.05) is 10.8 Å². The number of nitrogens with one attached hydrogen (secondary N) is 1. The Morgan fingerprint density at radius 1 is 1.17 bits per heavy atom. The van der Waals surface area contributed by atoms with Gasteiger partial charge in [0.25, 0.3) is 0 Å². The molecular weight excluding hydrogens is 338 g/mol. The van der Waals surface area contributed by atoms with Gasteiger partial charge in [0.1, 0.15) is 0 Å². The van der Waals surface area contributed by atoms with Gasteiger partial charge in [-0.25, -0.2) is 0 Å². The first-order valence-corrected chi connectivity index (χ1v) is 9.72. The van der Waals surface area contributed by atoms with E-state index in [2.05, 4.69) is 44.3 Å². The van der Waals surface area contributed by atoms with Gasteiger partial charge >= 0.3 is 0 Å². The largest absolute Gasteiger partial charge is 0.349 e. The first kappa shape index (κ1) is 18.9. The highest BCUT2D eigenvalue weighted by molar-refractivity contribution is 7.99. The maximum atomic E-state index is 12.2. The van der Waals surface area contributed by atoms with Crippen LogP contribution in [0.5, 0.6) is 0 Å². The number of hydrogen-bond donors (Lipinski definition) is 1. The highest BCUT2D eigenvalue weighted by atomic mass is 35.5. The summed E-state index contributed by atoms with van der Waals surface area (Å²) < 4.78 is 0. The average molecular weight is 362 g/mol. The third kappa shape index (κ3) is 5.29. The molecule has 1 atom stereocenters. The van der Waals surface area contributed by atoms with Crippen LogP contribution < -0.4 is 5.32 Å². The van der Waals surface area contributed by atoms with Crippen molar-refractivity contribution in [3.8, 4) is 0 Å². The standard InChI is InChI=1S/C20H24ClNOS/c1-4-19(16-10-9-14(2)15(3)11-16)22-20(23)13-24-12-17-7-5-6-8-18(17)21/h5-11,19H,4,12-13H2,1-3H3,(H,22,23)/t19-/m1/s1. The molecular formula is C20H24ClNOS. The van der Waals surface area contributed by atoms with Gasteiger partial charge in [-0.1, -0.05) is 54.9 Å². The quantitative estimate of drug-likeness (QED) is 0.709. The van der Waals surface area contributed by atoms with Gasteiger partial charge < -0.3 is 5.32 Å². The maximum Gasteiger partial charge on any atom is 0.230 e. The fourth-order valence-corrected chi connectivity index (χ4v) is 3.63. The molecule has 128 valence electrons. The topological polar surface area (TPSA) is 29.1 Å². The lowest BCUT2D eigenvalue weighted by molar-refractivity contribution is -0.119. The zero-order valence-electron chi connectivity index (χ0n) is 14.4. The van der Waals surface area contributed by atoms with Crippen LogP contribution in [0.1, 0.15) is 41.6 Å². The lowest BCUT2D eigenvalue weighted by Crippen LogP contribution is -2.29. The molecule has 24 heavy (non-hydrogen) atoms. The van der Waals surface area contributed by atoms with Gasteiger partial charge in [-0.3, -0.25) is 4.79 Å². The molecule has 1 amide bonds. The van der Waals surface area contributed by atoms with Crippen molar-refractivity contribution in [3.05, 3.63) is 69.7 Å². The minimum absolute atomic E-state index is 0.0668. The molecule has 0 aliphatic carbocycles. The summed E-state index contributed by atoms with van der Waals surface area (Å²) in [4.78, 5) is 12.2. The van der Waals surface area contributed by atoms with Crippen LogP contribution in [-0.2, 0) is 10.5 Å². The van der Waals surface area contributed by atoms with E-state index in [-0.39, 0.29) is 11.9 Å². The fourth-order valence-electron chi connectivity index (χ4n) is 2.51. The molecule has 0 unspecified atom stereocenters. The molecule has 0 saturated heterocycles. The summed E-state index contributed by atoms with van der Waals surface area (Å²) in [6.07, 6.45) is 0.878. The number of aryl methyl sites for hydroxylation is 2. The van der Waals surface area contributed by atoms with Gasteiger partial charge in [0.05, 0.1) is 11.8 Å². The number of hydrogen-bond acceptors (Lipinski definition) is 2. The van der Waals surface area contributed by atoms with Crippen LogP contribution in [0.4, 0.5) is 0 Å². The first-order valence-electron chi connectivity index (χ1n) is 8.19. The van der Waals surface area contributed by atoms with E-state index in [0.717, 1.165) is 22.8 Å². The summed E-state index contributed by atoms with van der Waals surface area (Å²) in [5, 5.41) is 3.89. The van der Waals surface area contributed by atoms with Crippen LogP contribution in [0.25, 0.3) is 0 Å². The molecule has 2 rings (SSSR count). The van der Waals surface area contributed by atoms with Crippen molar-refractivity contribution in [1.82, 2.24) is 5.32 Å². The van der Waals surface area contributed by atoms with Gasteiger partial charge in [-0.05, 0) is 48.6 Å². The molecule has 4 heteroatoms. The number of thioether (sulfide) groups is 1. The van der Waals surface area contributed by atoms with E-state index >= 15 is 0 Å². The molecule has 0 radical (unpaired) electrons. The Morgan fingerprint density at radius 2 is 1.92 bits per heavy atom. The van der Waals surface area contributed by atoms with Crippen LogP contribution in [-0.4, -0.2) is 11.7 Å². The minimum Gasteiger partial charge on any atom is -0.349 e. The molecule has 0 aliphatic heterocycles. The molecule has 2 aromatic carbocycles. The van der Waals surface area contributed by atoms with Crippen molar-refractivity contribution in [2.45, 2.75) is 39.0 Å². The summed E-state index contributed by atoms with van der Waals surface area (Å²) in [6.45, 7) is 6.30. The van der Waals surface area contributed by atoms with Gasteiger partial charge in [-0.2, -0.15) is 0 Å². The zero-order chi connectivity index (χ0) is 17.5. The number of rotatable bonds is 7. The Bertz CT molecular complexity index is 702. The van der Waals surface area contributed by atoms with Crippen molar-refractivity contribution in [2.24, 2.45) is 0 Å². The van der Waals surface area contributed by atoms with Gasteiger partial charge in [0.15, 0.2) is 0 Å². The molecule has 0 aromatic heterocycles. The number of halogens is 1. The van der Waals surface area contributed by atoms with E-state index in [1.165, 1.54) is 16.7 Å². The van der Waals surface area contributed by atoms with E-state index in [9.17, 15) is 4.79 Å². The molecule has 0 saturated carbocycles. The molecule has 0 spiro atoms. The number of benzene rings is 2. The van der Waals surface area contributed by atoms with E-state index in [0.29, 0.717) is 5.75 Å². The van der Waals surface area contributed by atoms with Crippen molar-refractivity contribution in [1.29, 1.82) is 0 Å². The average Bonchev–Trinajstić information content (AvgIpc) is 2.57. The van der Waals surface area contributed by atoms with Crippen LogP contribution in [0.2, 0.25) is 5.02 Å². The van der Waals surface area contributed by atoms with Gasteiger partial charge in [0.2, 0.25) is 5.91 Å². The second-order valence-electron chi connectivity index (χ2n) is 5.96. The van der Waals surface area contributed by atoms with Crippen LogP contribution >= 0.6 is 23.4 Å². The minimum atomic E-state index is 0.0668. The summed E-state index contributed by atoms with van der Waals surface area (Å²) in [5.74, 6) is 1.25. The lowest BCUT2D eigenvalue weighted by atomic mass is 9.99. The molecule has 0 fully saturated rings. The highest BCUT2D eigenvalue weighted by Crippen LogP contribution is 2.22. The molecule has 0 aliphatic rings. The predicted octanol–water partition coefficient (Wildman–Crippen LogP) is 5.46. The highest BCUT2D eigenvalue weighted by Gasteiger charge is 2.13. The number of carbonyl (C=O) groups excluding carboxylic acids is 1. The lowest BCUT2D eigenvalue weighted by Gasteiger charge is -2.18. The first-order chi connectivity index (χ1) is 11.5. The van der Waals surface area contributed by atoms with Crippen LogP contribution in [0, 0.1) is 13.8 Å². The second kappa shape index (κ2) is 9.14. The fraction of sp³-hybridized carbons (Fsp3) is 0.350. The maximum absolute atomic E-state index is 12.2. The van der Waals surface area contributed by atoms with Crippen LogP contribution in [0.15, 0.2) is 42.5 Å². The van der Waals surface area contributed by atoms with E-state index < -0.39 is 0 Å². The van der Waals surface area contributed by atoms with Gasteiger partial charge in [-0.15, -0.1) is 11.8 Å². The normalized spacial score (nSPS) is 12.0. The Kier molecular flexibility index (Phi) is 7.19. The van der Waals surface area contributed by atoms with E-state index in [1.807, 2.05) is 24.3 Å².